The van der Waals surface area contributed by atoms with Crippen molar-refractivity contribution < 1.29 is 9.18 Å². The minimum atomic E-state index is -0.285. The third-order valence-electron chi connectivity index (χ3n) is 3.07. The smallest absolute Gasteiger partial charge is 0.224 e. The minimum absolute atomic E-state index is 0. The topological polar surface area (TPSA) is 55.1 Å². The van der Waals surface area contributed by atoms with Gasteiger partial charge in [0.2, 0.25) is 5.91 Å². The highest BCUT2D eigenvalue weighted by Crippen LogP contribution is 2.32. The first-order valence-electron chi connectivity index (χ1n) is 5.93. The number of hydrogen-bond acceptors (Lipinski definition) is 2. The predicted molar refractivity (Wildman–Crippen MR) is 71.1 cm³/mol. The zero-order chi connectivity index (χ0) is 12.3. The van der Waals surface area contributed by atoms with Crippen LogP contribution in [0.2, 0.25) is 0 Å². The van der Waals surface area contributed by atoms with Gasteiger partial charge in [-0.25, -0.2) is 4.39 Å². The third-order valence-corrected chi connectivity index (χ3v) is 3.07. The zero-order valence-corrected chi connectivity index (χ0v) is 10.9. The Morgan fingerprint density at radius 1 is 1.39 bits per heavy atom. The van der Waals surface area contributed by atoms with Crippen LogP contribution in [-0.2, 0) is 11.2 Å². The third kappa shape index (κ3) is 4.27. The number of benzene rings is 1. The molecule has 1 aliphatic rings. The van der Waals surface area contributed by atoms with E-state index in [1.165, 1.54) is 12.1 Å². The van der Waals surface area contributed by atoms with Crippen molar-refractivity contribution in [3.63, 3.8) is 0 Å². The quantitative estimate of drug-likeness (QED) is 0.856. The summed E-state index contributed by atoms with van der Waals surface area (Å²) in [4.78, 5) is 11.7. The van der Waals surface area contributed by atoms with E-state index in [0.717, 1.165) is 18.4 Å². The summed E-state index contributed by atoms with van der Waals surface area (Å²) in [5.41, 5.74) is 6.43. The fourth-order valence-corrected chi connectivity index (χ4v) is 1.91. The molecule has 18 heavy (non-hydrogen) atoms. The molecule has 0 heterocycles. The average Bonchev–Trinajstić information content (AvgIpc) is 3.13. The van der Waals surface area contributed by atoms with E-state index in [0.29, 0.717) is 12.5 Å². The van der Waals surface area contributed by atoms with Gasteiger partial charge in [0.1, 0.15) is 5.82 Å². The fraction of sp³-hybridized carbons (Fsp3) is 0.462. The highest BCUT2D eigenvalue weighted by molar-refractivity contribution is 5.85. The Morgan fingerprint density at radius 3 is 2.50 bits per heavy atom. The maximum atomic E-state index is 12.7. The molecule has 1 aromatic rings. The SMILES string of the molecule is Cl.NCC(NC(=O)Cc1ccc(F)cc1)C1CC1. The van der Waals surface area contributed by atoms with Crippen LogP contribution in [0.5, 0.6) is 0 Å². The summed E-state index contributed by atoms with van der Waals surface area (Å²) >= 11 is 0. The Morgan fingerprint density at radius 2 is 2.00 bits per heavy atom. The molecule has 0 radical (unpaired) electrons. The lowest BCUT2D eigenvalue weighted by molar-refractivity contribution is -0.121. The first-order chi connectivity index (χ1) is 8.19. The molecule has 0 spiro atoms. The summed E-state index contributed by atoms with van der Waals surface area (Å²) in [5.74, 6) is 0.225. The lowest BCUT2D eigenvalue weighted by atomic mass is 10.1. The highest BCUT2D eigenvalue weighted by atomic mass is 35.5. The summed E-state index contributed by atoms with van der Waals surface area (Å²) in [7, 11) is 0. The summed E-state index contributed by atoms with van der Waals surface area (Å²) in [6.45, 7) is 0.486. The molecule has 0 bridgehead atoms. The second kappa shape index (κ2) is 6.71. The monoisotopic (exact) mass is 272 g/mol. The van der Waals surface area contributed by atoms with Crippen molar-refractivity contribution in [1.82, 2.24) is 5.32 Å². The van der Waals surface area contributed by atoms with E-state index >= 15 is 0 Å². The number of nitrogens with one attached hydrogen (secondary N) is 1. The first-order valence-corrected chi connectivity index (χ1v) is 5.93. The van der Waals surface area contributed by atoms with Gasteiger partial charge >= 0.3 is 0 Å². The number of amides is 1. The van der Waals surface area contributed by atoms with Crippen molar-refractivity contribution in [3.8, 4) is 0 Å². The molecule has 3 N–H and O–H groups in total. The van der Waals surface area contributed by atoms with Crippen LogP contribution in [-0.4, -0.2) is 18.5 Å². The molecule has 1 atom stereocenters. The predicted octanol–water partition coefficient (Wildman–Crippen LogP) is 1.64. The van der Waals surface area contributed by atoms with Gasteiger partial charge in [0.05, 0.1) is 6.42 Å². The van der Waals surface area contributed by atoms with Crippen LogP contribution in [0.4, 0.5) is 4.39 Å². The normalized spacial score (nSPS) is 15.7. The summed E-state index contributed by atoms with van der Waals surface area (Å²) in [6, 6.07) is 6.09. The van der Waals surface area contributed by atoms with Gasteiger partial charge in [-0.15, -0.1) is 12.4 Å². The van der Waals surface area contributed by atoms with E-state index in [9.17, 15) is 9.18 Å². The fourth-order valence-electron chi connectivity index (χ4n) is 1.91. The Labute approximate surface area is 112 Å². The standard InChI is InChI=1S/C13H17FN2O.ClH/c14-11-5-1-9(2-6-11)7-13(17)16-12(8-15)10-3-4-10;/h1-2,5-6,10,12H,3-4,7-8,15H2,(H,16,17);1H. The summed E-state index contributed by atoms with van der Waals surface area (Å²) in [5, 5.41) is 2.93. The van der Waals surface area contributed by atoms with Crippen LogP contribution in [0.1, 0.15) is 18.4 Å². The Hall–Kier alpha value is -1.13. The molecule has 1 fully saturated rings. The van der Waals surface area contributed by atoms with Crippen LogP contribution >= 0.6 is 12.4 Å². The second-order valence-corrected chi connectivity index (χ2v) is 4.55. The van der Waals surface area contributed by atoms with E-state index < -0.39 is 0 Å². The molecule has 1 aliphatic carbocycles. The van der Waals surface area contributed by atoms with E-state index in [-0.39, 0.29) is 36.6 Å². The van der Waals surface area contributed by atoms with Crippen molar-refractivity contribution in [2.45, 2.75) is 25.3 Å². The van der Waals surface area contributed by atoms with Crippen LogP contribution in [0.25, 0.3) is 0 Å². The summed E-state index contributed by atoms with van der Waals surface area (Å²) in [6.07, 6.45) is 2.58. The van der Waals surface area contributed by atoms with Gasteiger partial charge in [-0.1, -0.05) is 12.1 Å². The number of carbonyl (C=O) groups is 1. The van der Waals surface area contributed by atoms with Crippen molar-refractivity contribution in [2.24, 2.45) is 11.7 Å². The molecule has 0 aliphatic heterocycles. The molecule has 2 rings (SSSR count). The Balaban J connectivity index is 0.00000162. The molecule has 1 unspecified atom stereocenters. The van der Waals surface area contributed by atoms with Crippen molar-refractivity contribution in [1.29, 1.82) is 0 Å². The molecule has 100 valence electrons. The number of nitrogens with two attached hydrogens (primary N) is 1. The molecule has 1 amide bonds. The zero-order valence-electron chi connectivity index (χ0n) is 10.1. The highest BCUT2D eigenvalue weighted by Gasteiger charge is 2.31. The lowest BCUT2D eigenvalue weighted by Crippen LogP contribution is -2.42. The van der Waals surface area contributed by atoms with Gasteiger partial charge in [-0.3, -0.25) is 4.79 Å². The molecule has 0 aromatic heterocycles. The van der Waals surface area contributed by atoms with Gasteiger partial charge in [0.15, 0.2) is 0 Å². The molecule has 1 aromatic carbocycles. The van der Waals surface area contributed by atoms with Crippen LogP contribution in [0, 0.1) is 11.7 Å². The van der Waals surface area contributed by atoms with Gasteiger partial charge < -0.3 is 11.1 Å². The van der Waals surface area contributed by atoms with E-state index in [4.69, 9.17) is 5.73 Å². The van der Waals surface area contributed by atoms with Gasteiger partial charge in [0, 0.05) is 12.6 Å². The first kappa shape index (κ1) is 14.9. The summed E-state index contributed by atoms with van der Waals surface area (Å²) < 4.78 is 12.7. The van der Waals surface area contributed by atoms with E-state index in [1.54, 1.807) is 12.1 Å². The average molecular weight is 273 g/mol. The van der Waals surface area contributed by atoms with Crippen molar-refractivity contribution in [3.05, 3.63) is 35.6 Å². The van der Waals surface area contributed by atoms with Crippen LogP contribution < -0.4 is 11.1 Å². The van der Waals surface area contributed by atoms with E-state index in [1.807, 2.05) is 0 Å². The molecular formula is C13H18ClFN2O. The molecule has 5 heteroatoms. The maximum Gasteiger partial charge on any atom is 0.224 e. The van der Waals surface area contributed by atoms with E-state index in [2.05, 4.69) is 5.32 Å². The minimum Gasteiger partial charge on any atom is -0.352 e. The van der Waals surface area contributed by atoms with Crippen molar-refractivity contribution in [2.75, 3.05) is 6.54 Å². The van der Waals surface area contributed by atoms with Crippen LogP contribution in [0.3, 0.4) is 0 Å². The van der Waals surface area contributed by atoms with Crippen molar-refractivity contribution >= 4 is 18.3 Å². The number of hydrogen-bond donors (Lipinski definition) is 2. The molecular weight excluding hydrogens is 255 g/mol. The number of carbonyl (C=O) groups excluding carboxylic acids is 1. The lowest BCUT2D eigenvalue weighted by Gasteiger charge is -2.15. The second-order valence-electron chi connectivity index (χ2n) is 4.55. The van der Waals surface area contributed by atoms with Gasteiger partial charge in [0.25, 0.3) is 0 Å². The molecule has 3 nitrogen and oxygen atoms in total. The van der Waals surface area contributed by atoms with Crippen LogP contribution in [0.15, 0.2) is 24.3 Å². The number of rotatable bonds is 5. The number of halogens is 2. The van der Waals surface area contributed by atoms with Gasteiger partial charge in [-0.2, -0.15) is 0 Å². The van der Waals surface area contributed by atoms with Gasteiger partial charge in [-0.05, 0) is 36.5 Å². The maximum absolute atomic E-state index is 12.7. The Kier molecular flexibility index (Phi) is 5.56. The molecule has 0 saturated heterocycles. The molecule has 1 saturated carbocycles. The largest absolute Gasteiger partial charge is 0.352 e. The Bertz CT molecular complexity index is 392.